The highest BCUT2D eigenvalue weighted by Crippen LogP contribution is 1.96. The van der Waals surface area contributed by atoms with E-state index in [1.807, 2.05) is 30.3 Å². The zero-order valence-electron chi connectivity index (χ0n) is 7.93. The number of nitrogens with zero attached hydrogens (tertiary/aromatic N) is 1. The van der Waals surface area contributed by atoms with Gasteiger partial charge >= 0.3 is 6.09 Å². The van der Waals surface area contributed by atoms with Crippen LogP contribution in [0.1, 0.15) is 5.56 Å². The van der Waals surface area contributed by atoms with Crippen LogP contribution in [0, 0.1) is 0 Å². The summed E-state index contributed by atoms with van der Waals surface area (Å²) in [5.74, 6) is 0. The lowest BCUT2D eigenvalue weighted by atomic mass is 10.2. The molecule has 0 saturated heterocycles. The van der Waals surface area contributed by atoms with E-state index in [4.69, 9.17) is 0 Å². The largest absolute Gasteiger partial charge is 0.452 e. The number of ether oxygens (including phenoxy) is 1. The van der Waals surface area contributed by atoms with Gasteiger partial charge in [0.1, 0.15) is 0 Å². The first-order chi connectivity index (χ1) is 6.83. The predicted molar refractivity (Wildman–Crippen MR) is 54.2 cm³/mol. The van der Waals surface area contributed by atoms with E-state index in [-0.39, 0.29) is 0 Å². The molecule has 0 aromatic heterocycles. The number of nitrogens with one attached hydrogen (secondary N) is 1. The van der Waals surface area contributed by atoms with Gasteiger partial charge in [0.2, 0.25) is 0 Å². The number of methoxy groups -OCH3 is 1. The lowest BCUT2D eigenvalue weighted by Crippen LogP contribution is -2.16. The number of rotatable bonds is 3. The fourth-order valence-corrected chi connectivity index (χ4v) is 0.909. The molecule has 0 fully saturated rings. The molecule has 1 N–H and O–H groups in total. The van der Waals surface area contributed by atoms with Crippen molar-refractivity contribution in [2.24, 2.45) is 5.10 Å². The second-order valence-corrected chi connectivity index (χ2v) is 2.60. The van der Waals surface area contributed by atoms with Crippen LogP contribution in [0.3, 0.4) is 0 Å². The van der Waals surface area contributed by atoms with Crippen molar-refractivity contribution in [1.29, 1.82) is 0 Å². The topological polar surface area (TPSA) is 50.7 Å². The smallest absolute Gasteiger partial charge is 0.427 e. The van der Waals surface area contributed by atoms with Gasteiger partial charge in [0.15, 0.2) is 0 Å². The van der Waals surface area contributed by atoms with E-state index in [1.165, 1.54) is 7.11 Å². The Morgan fingerprint density at radius 3 is 2.86 bits per heavy atom. The Balaban J connectivity index is 2.31. The van der Waals surface area contributed by atoms with Crippen molar-refractivity contribution in [3.05, 3.63) is 35.9 Å². The Kier molecular flexibility index (Phi) is 4.20. The maximum absolute atomic E-state index is 10.6. The maximum Gasteiger partial charge on any atom is 0.427 e. The molecule has 0 bridgehead atoms. The van der Waals surface area contributed by atoms with Crippen LogP contribution < -0.4 is 5.43 Å². The van der Waals surface area contributed by atoms with Crippen LogP contribution in [-0.4, -0.2) is 19.4 Å². The Bertz CT molecular complexity index is 309. The Morgan fingerprint density at radius 2 is 2.21 bits per heavy atom. The molecule has 0 spiro atoms. The Morgan fingerprint density at radius 1 is 1.50 bits per heavy atom. The summed E-state index contributed by atoms with van der Waals surface area (Å²) in [6, 6.07) is 9.84. The summed E-state index contributed by atoms with van der Waals surface area (Å²) in [6.45, 7) is 0. The summed E-state index contributed by atoms with van der Waals surface area (Å²) in [4.78, 5) is 10.6. The average molecular weight is 192 g/mol. The van der Waals surface area contributed by atoms with Gasteiger partial charge in [-0.25, -0.2) is 10.2 Å². The summed E-state index contributed by atoms with van der Waals surface area (Å²) in [5, 5.41) is 3.69. The van der Waals surface area contributed by atoms with Crippen LogP contribution in [0.5, 0.6) is 0 Å². The van der Waals surface area contributed by atoms with Crippen molar-refractivity contribution in [3.8, 4) is 0 Å². The standard InChI is InChI=1S/C10H12N2O2/c1-14-10(13)12-11-8-7-9-5-3-2-4-6-9/h2-6,8H,7H2,1H3,(H,12,13)/b11-8+. The first-order valence-electron chi connectivity index (χ1n) is 4.22. The number of carbonyl (C=O) groups excluding carboxylic acids is 1. The van der Waals surface area contributed by atoms with Gasteiger partial charge < -0.3 is 4.74 Å². The molecule has 0 atom stereocenters. The number of hydrazone groups is 1. The highest BCUT2D eigenvalue weighted by atomic mass is 16.5. The van der Waals surface area contributed by atoms with Crippen LogP contribution >= 0.6 is 0 Å². The molecule has 1 aromatic rings. The second kappa shape index (κ2) is 5.75. The molecule has 0 aliphatic rings. The number of hydrogen-bond acceptors (Lipinski definition) is 3. The number of carbonyl (C=O) groups is 1. The molecule has 14 heavy (non-hydrogen) atoms. The predicted octanol–water partition coefficient (Wildman–Crippen LogP) is 1.57. The van der Waals surface area contributed by atoms with Crippen LogP contribution in [0.2, 0.25) is 0 Å². The monoisotopic (exact) mass is 192 g/mol. The van der Waals surface area contributed by atoms with Crippen LogP contribution in [0.4, 0.5) is 4.79 Å². The molecule has 1 aromatic carbocycles. The molecule has 0 heterocycles. The summed E-state index contributed by atoms with van der Waals surface area (Å²) in [6.07, 6.45) is 1.74. The molecule has 4 heteroatoms. The van der Waals surface area contributed by atoms with Crippen molar-refractivity contribution in [1.82, 2.24) is 5.43 Å². The van der Waals surface area contributed by atoms with E-state index in [0.717, 1.165) is 5.56 Å². The van der Waals surface area contributed by atoms with Crippen LogP contribution in [-0.2, 0) is 11.2 Å². The molecule has 4 nitrogen and oxygen atoms in total. The van der Waals surface area contributed by atoms with Gasteiger partial charge in [-0.15, -0.1) is 0 Å². The van der Waals surface area contributed by atoms with Crippen molar-refractivity contribution in [2.75, 3.05) is 7.11 Å². The maximum atomic E-state index is 10.6. The summed E-state index contributed by atoms with van der Waals surface area (Å²) in [5.41, 5.74) is 3.35. The third kappa shape index (κ3) is 3.71. The minimum atomic E-state index is -0.561. The lowest BCUT2D eigenvalue weighted by Gasteiger charge is -1.96. The van der Waals surface area contributed by atoms with Gasteiger partial charge in [0, 0.05) is 12.6 Å². The van der Waals surface area contributed by atoms with Gasteiger partial charge in [0.25, 0.3) is 0 Å². The first kappa shape index (κ1) is 10.2. The van der Waals surface area contributed by atoms with E-state index in [2.05, 4.69) is 15.3 Å². The zero-order chi connectivity index (χ0) is 10.2. The highest BCUT2D eigenvalue weighted by molar-refractivity contribution is 5.69. The molecule has 0 aliphatic carbocycles. The van der Waals surface area contributed by atoms with Gasteiger partial charge in [-0.1, -0.05) is 30.3 Å². The van der Waals surface area contributed by atoms with E-state index in [9.17, 15) is 4.79 Å². The highest BCUT2D eigenvalue weighted by Gasteiger charge is 1.92. The van der Waals surface area contributed by atoms with Gasteiger partial charge in [-0.3, -0.25) is 0 Å². The Hall–Kier alpha value is -1.84. The van der Waals surface area contributed by atoms with Crippen molar-refractivity contribution >= 4 is 12.3 Å². The quantitative estimate of drug-likeness (QED) is 0.583. The number of benzene rings is 1. The zero-order valence-corrected chi connectivity index (χ0v) is 7.93. The van der Waals surface area contributed by atoms with E-state index in [1.54, 1.807) is 6.21 Å². The minimum Gasteiger partial charge on any atom is -0.452 e. The second-order valence-electron chi connectivity index (χ2n) is 2.60. The normalized spacial score (nSPS) is 10.1. The number of hydrogen-bond donors (Lipinski definition) is 1. The van der Waals surface area contributed by atoms with E-state index < -0.39 is 6.09 Å². The molecule has 0 radical (unpaired) electrons. The minimum absolute atomic E-state index is 0.561. The third-order valence-corrected chi connectivity index (χ3v) is 1.60. The summed E-state index contributed by atoms with van der Waals surface area (Å²) >= 11 is 0. The molecular weight excluding hydrogens is 180 g/mol. The fourth-order valence-electron chi connectivity index (χ4n) is 0.909. The first-order valence-corrected chi connectivity index (χ1v) is 4.22. The summed E-state index contributed by atoms with van der Waals surface area (Å²) in [7, 11) is 1.29. The third-order valence-electron chi connectivity index (χ3n) is 1.60. The molecule has 0 saturated carbocycles. The molecule has 1 amide bonds. The lowest BCUT2D eigenvalue weighted by molar-refractivity contribution is 0.171. The van der Waals surface area contributed by atoms with Crippen molar-refractivity contribution < 1.29 is 9.53 Å². The van der Waals surface area contributed by atoms with Gasteiger partial charge in [0.05, 0.1) is 7.11 Å². The molecule has 74 valence electrons. The fraction of sp³-hybridized carbons (Fsp3) is 0.200. The molecular formula is C10H12N2O2. The molecule has 0 aliphatic heterocycles. The summed E-state index contributed by atoms with van der Waals surface area (Å²) < 4.78 is 4.34. The van der Waals surface area contributed by atoms with E-state index >= 15 is 0 Å². The average Bonchev–Trinajstić information content (AvgIpc) is 2.25. The Labute approximate surface area is 82.6 Å². The molecule has 1 rings (SSSR count). The van der Waals surface area contributed by atoms with E-state index in [0.29, 0.717) is 6.42 Å². The van der Waals surface area contributed by atoms with Gasteiger partial charge in [-0.2, -0.15) is 5.10 Å². The van der Waals surface area contributed by atoms with Crippen LogP contribution in [0.25, 0.3) is 0 Å². The van der Waals surface area contributed by atoms with Crippen molar-refractivity contribution in [2.45, 2.75) is 6.42 Å². The van der Waals surface area contributed by atoms with Gasteiger partial charge in [-0.05, 0) is 5.56 Å². The molecule has 0 unspecified atom stereocenters. The van der Waals surface area contributed by atoms with Crippen molar-refractivity contribution in [3.63, 3.8) is 0 Å². The SMILES string of the molecule is COC(=O)N/N=C/Cc1ccccc1. The van der Waals surface area contributed by atoms with Crippen LogP contribution in [0.15, 0.2) is 35.4 Å². The number of amides is 1.